The molecular weight excluding hydrogens is 629 g/mol. The van der Waals surface area contributed by atoms with Crippen molar-refractivity contribution >= 4 is 28.3 Å². The Balaban J connectivity index is 1.26. The molecule has 0 bridgehead atoms. The molecule has 2 aliphatic rings. The number of piperazine rings is 1. The lowest BCUT2D eigenvalue weighted by atomic mass is 9.65. The fraction of sp³-hybridized carbons (Fsp3) is 0.368. The van der Waals surface area contributed by atoms with Crippen LogP contribution in [0.5, 0.6) is 5.75 Å². The molecule has 0 saturated carbocycles. The van der Waals surface area contributed by atoms with E-state index in [0.717, 1.165) is 47.5 Å². The van der Waals surface area contributed by atoms with Crippen molar-refractivity contribution in [1.29, 1.82) is 0 Å². The predicted molar refractivity (Wildman–Crippen MR) is 188 cm³/mol. The Morgan fingerprint density at radius 3 is 2.49 bits per heavy atom. The number of carbonyl (C=O) groups excluding carboxylic acids is 1. The second kappa shape index (κ2) is 14.1. The van der Waals surface area contributed by atoms with E-state index in [1.54, 1.807) is 68.9 Å². The largest absolute Gasteiger partial charge is 0.496 e. The number of aromatic amines is 1. The van der Waals surface area contributed by atoms with Gasteiger partial charge in [0, 0.05) is 80.6 Å². The van der Waals surface area contributed by atoms with Crippen molar-refractivity contribution in [2.75, 3.05) is 57.0 Å². The minimum atomic E-state index is -4.64. The second-order valence-electron chi connectivity index (χ2n) is 12.9. The van der Waals surface area contributed by atoms with Crippen LogP contribution in [0.2, 0.25) is 0 Å². The molecule has 1 saturated heterocycles. The number of aromatic nitrogens is 2. The number of pyridine rings is 1. The first-order chi connectivity index (χ1) is 23.5. The predicted octanol–water partition coefficient (Wildman–Crippen LogP) is 7.13. The number of halogens is 3. The zero-order valence-electron chi connectivity index (χ0n) is 28.4. The molecule has 0 spiro atoms. The number of allylic oxidation sites excluding steroid dienone is 2. The summed E-state index contributed by atoms with van der Waals surface area (Å²) in [5, 5.41) is 7.16. The molecule has 0 radical (unpaired) electrons. The molecule has 49 heavy (non-hydrogen) atoms. The number of rotatable bonds is 10. The fourth-order valence-corrected chi connectivity index (χ4v) is 7.09. The number of ether oxygens (including phenoxy) is 1. The summed E-state index contributed by atoms with van der Waals surface area (Å²) in [7, 11) is 1.62. The Kier molecular flexibility index (Phi) is 9.85. The van der Waals surface area contributed by atoms with Crippen LogP contribution in [0.1, 0.15) is 35.6 Å². The number of H-pyrrole nitrogens is 1. The summed E-state index contributed by atoms with van der Waals surface area (Å²) in [6.45, 7) is 10.3. The monoisotopic (exact) mass is 672 g/mol. The third-order valence-electron chi connectivity index (χ3n) is 9.96. The van der Waals surface area contributed by atoms with E-state index in [4.69, 9.17) is 4.74 Å². The van der Waals surface area contributed by atoms with Gasteiger partial charge in [-0.1, -0.05) is 49.4 Å². The summed E-state index contributed by atoms with van der Waals surface area (Å²) in [5.74, 6) is 0.148. The molecule has 4 aromatic rings. The van der Waals surface area contributed by atoms with Gasteiger partial charge in [-0.15, -0.1) is 0 Å². The summed E-state index contributed by atoms with van der Waals surface area (Å²) in [6.07, 6.45) is 1.53. The maximum atomic E-state index is 15.6. The van der Waals surface area contributed by atoms with Gasteiger partial charge < -0.3 is 25.3 Å². The molecule has 11 heteroatoms. The van der Waals surface area contributed by atoms with Gasteiger partial charge in [0.25, 0.3) is 5.91 Å². The molecule has 1 aliphatic heterocycles. The van der Waals surface area contributed by atoms with Crippen LogP contribution in [-0.4, -0.2) is 78.2 Å². The maximum absolute atomic E-state index is 15.6. The molecule has 6 rings (SSSR count). The number of aryl methyl sites for hydroxylation is 2. The minimum absolute atomic E-state index is 0.0748. The number of hydrogen-bond acceptors (Lipinski definition) is 6. The van der Waals surface area contributed by atoms with E-state index in [9.17, 15) is 4.79 Å². The maximum Gasteiger partial charge on any atom is 0.402 e. The summed E-state index contributed by atoms with van der Waals surface area (Å²) in [4.78, 5) is 25.7. The van der Waals surface area contributed by atoms with E-state index < -0.39 is 23.9 Å². The number of hydrogen-bond donors (Lipinski definition) is 3. The molecule has 8 nitrogen and oxygen atoms in total. The number of nitrogens with zero attached hydrogens (tertiary/aromatic N) is 3. The molecule has 3 N–H and O–H groups in total. The molecule has 1 amide bonds. The quantitative estimate of drug-likeness (QED) is 0.166. The molecule has 1 fully saturated rings. The molecule has 2 aromatic heterocycles. The number of nitrogens with one attached hydrogen (secondary N) is 3. The summed E-state index contributed by atoms with van der Waals surface area (Å²) in [5.41, 5.74) is 2.49. The van der Waals surface area contributed by atoms with Crippen molar-refractivity contribution in [1.82, 2.24) is 19.8 Å². The first-order valence-corrected chi connectivity index (χ1v) is 16.7. The number of anilines is 2. The standard InChI is InChI=1S/C38H43F3N6O2/c1-5-46-16-18-47(19-17-46)24-29-12-11-27(21-37(29,38(39,40)41)32-9-7-6-8-25(32)2)36(48)45-30-13-10-26(3)33(20-30)43-22-28-23-44-35-31(14-15-42-35)34(28)49-4/h6-15,20,23,43H,5,16-19,21-22,24H2,1-4H3,(H,42,44)(H,45,48). The molecule has 1 atom stereocenters. The first-order valence-electron chi connectivity index (χ1n) is 16.7. The van der Waals surface area contributed by atoms with Crippen molar-refractivity contribution < 1.29 is 22.7 Å². The third-order valence-corrected chi connectivity index (χ3v) is 9.96. The molecular formula is C38H43F3N6O2. The molecule has 3 heterocycles. The second-order valence-corrected chi connectivity index (χ2v) is 12.9. The van der Waals surface area contributed by atoms with Crippen LogP contribution in [-0.2, 0) is 16.8 Å². The van der Waals surface area contributed by atoms with Crippen LogP contribution in [0.4, 0.5) is 24.5 Å². The Labute approximate surface area is 285 Å². The van der Waals surface area contributed by atoms with Gasteiger partial charge in [0.15, 0.2) is 0 Å². The summed E-state index contributed by atoms with van der Waals surface area (Å²) >= 11 is 0. The Bertz CT molecular complexity index is 1890. The number of alkyl halides is 3. The van der Waals surface area contributed by atoms with E-state index in [2.05, 4.69) is 37.3 Å². The lowest BCUT2D eigenvalue weighted by Gasteiger charge is -2.44. The molecule has 258 valence electrons. The molecule has 1 aliphatic carbocycles. The molecule has 1 unspecified atom stereocenters. The van der Waals surface area contributed by atoms with Gasteiger partial charge in [0.1, 0.15) is 16.8 Å². The van der Waals surface area contributed by atoms with Gasteiger partial charge in [-0.2, -0.15) is 13.2 Å². The van der Waals surface area contributed by atoms with Crippen molar-refractivity contribution in [2.24, 2.45) is 0 Å². The Morgan fingerprint density at radius 1 is 1.02 bits per heavy atom. The lowest BCUT2D eigenvalue weighted by Crippen LogP contribution is -2.52. The van der Waals surface area contributed by atoms with Crippen molar-refractivity contribution in [3.63, 3.8) is 0 Å². The van der Waals surface area contributed by atoms with Crippen molar-refractivity contribution in [3.05, 3.63) is 106 Å². The van der Waals surface area contributed by atoms with Gasteiger partial charge in [-0.3, -0.25) is 9.69 Å². The van der Waals surface area contributed by atoms with Crippen LogP contribution >= 0.6 is 0 Å². The van der Waals surface area contributed by atoms with E-state index in [0.29, 0.717) is 36.6 Å². The van der Waals surface area contributed by atoms with Crippen LogP contribution in [0.25, 0.3) is 11.0 Å². The summed E-state index contributed by atoms with van der Waals surface area (Å²) in [6, 6.07) is 14.0. The number of fused-ring (bicyclic) bond motifs is 1. The van der Waals surface area contributed by atoms with E-state index in [1.807, 2.05) is 19.1 Å². The van der Waals surface area contributed by atoms with E-state index in [1.165, 1.54) is 6.08 Å². The van der Waals surface area contributed by atoms with Crippen LogP contribution < -0.4 is 15.4 Å². The number of benzene rings is 2. The van der Waals surface area contributed by atoms with E-state index >= 15 is 13.2 Å². The average Bonchev–Trinajstić information content (AvgIpc) is 3.58. The highest BCUT2D eigenvalue weighted by Gasteiger charge is 2.60. The fourth-order valence-electron chi connectivity index (χ4n) is 7.09. The normalized spacial score (nSPS) is 19.0. The van der Waals surface area contributed by atoms with E-state index in [-0.39, 0.29) is 23.3 Å². The van der Waals surface area contributed by atoms with Crippen molar-refractivity contribution in [2.45, 2.75) is 45.3 Å². The number of likely N-dealkylation sites (N-methyl/N-ethyl adjacent to an activating group) is 1. The first kappa shape index (κ1) is 34.3. The van der Waals surface area contributed by atoms with Gasteiger partial charge in [-0.25, -0.2) is 4.98 Å². The number of amides is 1. The topological polar surface area (TPSA) is 85.5 Å². The highest BCUT2D eigenvalue weighted by atomic mass is 19.4. The Morgan fingerprint density at radius 2 is 1.78 bits per heavy atom. The van der Waals surface area contributed by atoms with Crippen LogP contribution in [0.3, 0.4) is 0 Å². The van der Waals surface area contributed by atoms with Gasteiger partial charge >= 0.3 is 6.18 Å². The van der Waals surface area contributed by atoms with Gasteiger partial charge in [0.2, 0.25) is 0 Å². The van der Waals surface area contributed by atoms with Crippen LogP contribution in [0, 0.1) is 13.8 Å². The summed E-state index contributed by atoms with van der Waals surface area (Å²) < 4.78 is 52.6. The van der Waals surface area contributed by atoms with Crippen molar-refractivity contribution in [3.8, 4) is 5.75 Å². The third kappa shape index (κ3) is 6.82. The number of carbonyl (C=O) groups is 1. The highest BCUT2D eigenvalue weighted by molar-refractivity contribution is 6.04. The number of methoxy groups -OCH3 is 1. The van der Waals surface area contributed by atoms with Gasteiger partial charge in [-0.05, 0) is 60.9 Å². The minimum Gasteiger partial charge on any atom is -0.496 e. The van der Waals surface area contributed by atoms with Crippen LogP contribution in [0.15, 0.2) is 84.2 Å². The highest BCUT2D eigenvalue weighted by Crippen LogP contribution is 2.53. The SMILES string of the molecule is CCN1CCN(CC2=CC=C(C(=O)Nc3ccc(C)c(NCc4cnc5[nH]ccc5c4OC)c3)CC2(c2ccccc2C)C(F)(F)F)CC1. The zero-order chi connectivity index (χ0) is 34.8. The smallest absolute Gasteiger partial charge is 0.402 e. The van der Waals surface area contributed by atoms with Gasteiger partial charge in [0.05, 0.1) is 12.5 Å². The zero-order valence-corrected chi connectivity index (χ0v) is 28.4. The molecule has 2 aromatic carbocycles. The average molecular weight is 673 g/mol. The lowest BCUT2D eigenvalue weighted by molar-refractivity contribution is -0.181. The Hall–Kier alpha value is -4.61.